The minimum Gasteiger partial charge on any atom is -0.295 e. The summed E-state index contributed by atoms with van der Waals surface area (Å²) in [7, 11) is -1.54. The summed E-state index contributed by atoms with van der Waals surface area (Å²) < 4.78 is 24.3. The largest absolute Gasteiger partial charge is 0.295 e. The van der Waals surface area contributed by atoms with Gasteiger partial charge in [0, 0.05) is 6.54 Å². The van der Waals surface area contributed by atoms with Gasteiger partial charge < -0.3 is 0 Å². The second kappa shape index (κ2) is 4.57. The van der Waals surface area contributed by atoms with Crippen LogP contribution in [0.5, 0.6) is 0 Å². The minimum atomic E-state index is -3.45. The lowest BCUT2D eigenvalue weighted by Crippen LogP contribution is -2.46. The molecule has 0 radical (unpaired) electrons. The first-order valence-electron chi connectivity index (χ1n) is 6.10. The van der Waals surface area contributed by atoms with E-state index in [0.29, 0.717) is 11.8 Å². The van der Waals surface area contributed by atoms with Crippen LogP contribution in [0.15, 0.2) is 0 Å². The lowest BCUT2D eigenvalue weighted by atomic mass is 9.78. The van der Waals surface area contributed by atoms with E-state index in [2.05, 4.69) is 4.72 Å². The second-order valence-corrected chi connectivity index (χ2v) is 7.08. The van der Waals surface area contributed by atoms with E-state index >= 15 is 0 Å². The van der Waals surface area contributed by atoms with Gasteiger partial charge in [-0.3, -0.25) is 14.4 Å². The van der Waals surface area contributed by atoms with E-state index < -0.39 is 10.0 Å². The Hall–Kier alpha value is -0.620. The predicted molar refractivity (Wildman–Crippen MR) is 64.9 cm³/mol. The molecule has 2 aliphatic rings. The van der Waals surface area contributed by atoms with Crippen molar-refractivity contribution in [3.63, 3.8) is 0 Å². The van der Waals surface area contributed by atoms with Crippen LogP contribution >= 0.6 is 0 Å². The van der Waals surface area contributed by atoms with Crippen LogP contribution < -0.4 is 4.72 Å². The average molecular weight is 260 g/mol. The van der Waals surface area contributed by atoms with Gasteiger partial charge in [-0.2, -0.15) is 0 Å². The first-order chi connectivity index (χ1) is 7.88. The van der Waals surface area contributed by atoms with Crippen LogP contribution in [0.25, 0.3) is 0 Å². The minimum absolute atomic E-state index is 0.268. The summed E-state index contributed by atoms with van der Waals surface area (Å²) in [4.78, 5) is 14.0. The van der Waals surface area contributed by atoms with Gasteiger partial charge in [0.15, 0.2) is 0 Å². The normalized spacial score (nSPS) is 34.4. The molecule has 1 amide bonds. The molecule has 0 unspecified atom stereocenters. The second-order valence-electron chi connectivity index (χ2n) is 5.33. The smallest absolute Gasteiger partial charge is 0.251 e. The van der Waals surface area contributed by atoms with Crippen molar-refractivity contribution in [2.24, 2.45) is 11.8 Å². The highest BCUT2D eigenvalue weighted by atomic mass is 32.2. The van der Waals surface area contributed by atoms with Gasteiger partial charge >= 0.3 is 0 Å². The van der Waals surface area contributed by atoms with Crippen molar-refractivity contribution in [2.45, 2.75) is 31.7 Å². The Bertz CT molecular complexity index is 407. The number of likely N-dealkylation sites (N-methyl/N-ethyl adjacent to an activating group) is 1. The molecule has 0 aromatic carbocycles. The quantitative estimate of drug-likeness (QED) is 0.769. The number of rotatable bonds is 2. The van der Waals surface area contributed by atoms with Crippen LogP contribution in [0.1, 0.15) is 25.7 Å². The van der Waals surface area contributed by atoms with Gasteiger partial charge in [-0.25, -0.2) is 8.42 Å². The standard InChI is InChI=1S/C11H20N2O3S/c1-13-7-8-5-3-4-6-9(8)10(13)11(14)12-17(2,15)16/h8-10H,3-7H2,1-2H3,(H,12,14)/t8-,9-,10+/m0/s1. The average Bonchev–Trinajstić information content (AvgIpc) is 2.50. The number of nitrogens with zero attached hydrogens (tertiary/aromatic N) is 1. The molecular formula is C11H20N2O3S. The van der Waals surface area contributed by atoms with E-state index in [9.17, 15) is 13.2 Å². The van der Waals surface area contributed by atoms with Crippen molar-refractivity contribution in [1.29, 1.82) is 0 Å². The summed E-state index contributed by atoms with van der Waals surface area (Å²) >= 11 is 0. The third kappa shape index (κ3) is 2.80. The molecule has 2 rings (SSSR count). The van der Waals surface area contributed by atoms with Crippen LogP contribution in [0.3, 0.4) is 0 Å². The molecule has 3 atom stereocenters. The van der Waals surface area contributed by atoms with Gasteiger partial charge in [0.25, 0.3) is 5.91 Å². The highest BCUT2D eigenvalue weighted by Gasteiger charge is 2.44. The Labute approximate surface area is 103 Å². The Balaban J connectivity index is 2.11. The third-order valence-electron chi connectivity index (χ3n) is 3.93. The molecule has 0 spiro atoms. The monoisotopic (exact) mass is 260 g/mol. The van der Waals surface area contributed by atoms with E-state index in [4.69, 9.17) is 0 Å². The number of likely N-dealkylation sites (tertiary alicyclic amines) is 1. The molecule has 1 aliphatic carbocycles. The summed E-state index contributed by atoms with van der Waals surface area (Å²) in [5.41, 5.74) is 0. The van der Waals surface area contributed by atoms with E-state index in [1.165, 1.54) is 6.42 Å². The van der Waals surface area contributed by atoms with Crippen molar-refractivity contribution in [1.82, 2.24) is 9.62 Å². The number of carbonyl (C=O) groups excluding carboxylic acids is 1. The van der Waals surface area contributed by atoms with Gasteiger partial charge in [0.05, 0.1) is 12.3 Å². The van der Waals surface area contributed by atoms with Gasteiger partial charge in [-0.05, 0) is 31.7 Å². The number of hydrogen-bond donors (Lipinski definition) is 1. The van der Waals surface area contributed by atoms with Gasteiger partial charge in [-0.1, -0.05) is 12.8 Å². The van der Waals surface area contributed by atoms with Crippen LogP contribution in [0.4, 0.5) is 0 Å². The van der Waals surface area contributed by atoms with Crippen LogP contribution in [0, 0.1) is 11.8 Å². The van der Waals surface area contributed by atoms with Gasteiger partial charge in [-0.15, -0.1) is 0 Å². The lowest BCUT2D eigenvalue weighted by molar-refractivity contribution is -0.124. The zero-order valence-corrected chi connectivity index (χ0v) is 11.2. The van der Waals surface area contributed by atoms with E-state index in [0.717, 1.165) is 32.1 Å². The maximum Gasteiger partial charge on any atom is 0.251 e. The van der Waals surface area contributed by atoms with E-state index in [1.807, 2.05) is 11.9 Å². The molecule has 0 aromatic rings. The van der Waals surface area contributed by atoms with Crippen molar-refractivity contribution < 1.29 is 13.2 Å². The third-order valence-corrected chi connectivity index (χ3v) is 4.50. The Morgan fingerprint density at radius 1 is 1.29 bits per heavy atom. The van der Waals surface area contributed by atoms with Crippen molar-refractivity contribution in [2.75, 3.05) is 19.8 Å². The molecule has 98 valence electrons. The molecule has 1 heterocycles. The van der Waals surface area contributed by atoms with Crippen LogP contribution in [-0.4, -0.2) is 45.1 Å². The SMILES string of the molecule is CN1C[C@@H]2CCCC[C@@H]2[C@@H]1C(=O)NS(C)(=O)=O. The highest BCUT2D eigenvalue weighted by Crippen LogP contribution is 2.39. The highest BCUT2D eigenvalue weighted by molar-refractivity contribution is 7.89. The maximum absolute atomic E-state index is 12.0. The molecule has 1 saturated heterocycles. The summed E-state index contributed by atoms with van der Waals surface area (Å²) in [6.07, 6.45) is 5.61. The van der Waals surface area contributed by atoms with E-state index in [-0.39, 0.29) is 11.9 Å². The molecular weight excluding hydrogens is 240 g/mol. The fourth-order valence-corrected chi connectivity index (χ4v) is 3.81. The molecule has 1 saturated carbocycles. The van der Waals surface area contributed by atoms with Crippen molar-refractivity contribution in [3.8, 4) is 0 Å². The number of nitrogens with one attached hydrogen (secondary N) is 1. The van der Waals surface area contributed by atoms with Crippen LogP contribution in [0.2, 0.25) is 0 Å². The number of fused-ring (bicyclic) bond motifs is 1. The first kappa shape index (κ1) is 12.8. The Morgan fingerprint density at radius 3 is 2.59 bits per heavy atom. The molecule has 1 N–H and O–H groups in total. The summed E-state index contributed by atoms with van der Waals surface area (Å²) in [6, 6.07) is -0.268. The van der Waals surface area contributed by atoms with Gasteiger partial charge in [0.2, 0.25) is 10.0 Å². The first-order valence-corrected chi connectivity index (χ1v) is 7.99. The van der Waals surface area contributed by atoms with E-state index in [1.54, 1.807) is 0 Å². The van der Waals surface area contributed by atoms with Crippen molar-refractivity contribution >= 4 is 15.9 Å². The molecule has 2 fully saturated rings. The number of sulfonamides is 1. The fraction of sp³-hybridized carbons (Fsp3) is 0.909. The Kier molecular flexibility index (Phi) is 3.45. The zero-order valence-electron chi connectivity index (χ0n) is 10.3. The molecule has 5 nitrogen and oxygen atoms in total. The molecule has 0 aromatic heterocycles. The fourth-order valence-electron chi connectivity index (χ4n) is 3.33. The molecule has 0 bridgehead atoms. The maximum atomic E-state index is 12.0. The number of carbonyl (C=O) groups is 1. The van der Waals surface area contributed by atoms with Crippen LogP contribution in [-0.2, 0) is 14.8 Å². The summed E-state index contributed by atoms with van der Waals surface area (Å²) in [5.74, 6) is 0.531. The number of amides is 1. The predicted octanol–water partition coefficient (Wildman–Crippen LogP) is 0.183. The van der Waals surface area contributed by atoms with Gasteiger partial charge in [0.1, 0.15) is 0 Å². The molecule has 6 heteroatoms. The number of hydrogen-bond acceptors (Lipinski definition) is 4. The lowest BCUT2D eigenvalue weighted by Gasteiger charge is -2.28. The zero-order chi connectivity index (χ0) is 12.6. The molecule has 1 aliphatic heterocycles. The topological polar surface area (TPSA) is 66.5 Å². The summed E-state index contributed by atoms with van der Waals surface area (Å²) in [5, 5.41) is 0. The summed E-state index contributed by atoms with van der Waals surface area (Å²) in [6.45, 7) is 0.909. The molecule has 17 heavy (non-hydrogen) atoms. The Morgan fingerprint density at radius 2 is 1.94 bits per heavy atom. The van der Waals surface area contributed by atoms with Crippen molar-refractivity contribution in [3.05, 3.63) is 0 Å².